The third kappa shape index (κ3) is 7.18. The Balaban J connectivity index is 1.21. The molecule has 0 atom stereocenters. The van der Waals surface area contributed by atoms with E-state index in [-0.39, 0.29) is 11.8 Å². The summed E-state index contributed by atoms with van der Waals surface area (Å²) < 4.78 is 16.6. The predicted molar refractivity (Wildman–Crippen MR) is 140 cm³/mol. The molecule has 0 spiro atoms. The molecule has 0 saturated carbocycles. The van der Waals surface area contributed by atoms with Crippen LogP contribution >= 0.6 is 0 Å². The molecule has 4 aromatic carbocycles. The van der Waals surface area contributed by atoms with Gasteiger partial charge in [0.2, 0.25) is 0 Å². The fourth-order valence-electron chi connectivity index (χ4n) is 3.49. The molecule has 0 aliphatic carbocycles. The second-order valence-electron chi connectivity index (χ2n) is 7.97. The normalized spacial score (nSPS) is 10.7. The van der Waals surface area contributed by atoms with Gasteiger partial charge >= 0.3 is 5.97 Å². The molecule has 180 valence electrons. The first-order valence-corrected chi connectivity index (χ1v) is 11.6. The Morgan fingerprint density at radius 3 is 1.67 bits per heavy atom. The van der Waals surface area contributed by atoms with Crippen LogP contribution in [0.1, 0.15) is 22.8 Å². The lowest BCUT2D eigenvalue weighted by Crippen LogP contribution is -2.08. The Kier molecular flexibility index (Phi) is 8.28. The summed E-state index contributed by atoms with van der Waals surface area (Å²) in [6, 6.07) is 31.9. The predicted octanol–water partition coefficient (Wildman–Crippen LogP) is 6.63. The van der Waals surface area contributed by atoms with E-state index in [0.717, 1.165) is 28.2 Å². The minimum Gasteiger partial charge on any atom is -0.490 e. The summed E-state index contributed by atoms with van der Waals surface area (Å²) in [4.78, 5) is 23.2. The molecule has 0 N–H and O–H groups in total. The molecule has 0 amide bonds. The molecule has 4 rings (SSSR count). The van der Waals surface area contributed by atoms with Crippen LogP contribution in [-0.4, -0.2) is 25.0 Å². The molecule has 0 aliphatic rings. The summed E-state index contributed by atoms with van der Waals surface area (Å²) in [5.41, 5.74) is 3.64. The standard InChI is InChI=1S/C31H26O5/c1-23(32)36-30-18-12-26(13-19-30)25-10-16-29(17-11-25)35-22-21-34-28-14-7-24(8-15-28)9-20-31(33)27-5-3-2-4-6-27/h2-20H,21-22H2,1H3. The van der Waals surface area contributed by atoms with Crippen LogP contribution < -0.4 is 14.2 Å². The fraction of sp³-hybridized carbons (Fsp3) is 0.0968. The highest BCUT2D eigenvalue weighted by Crippen LogP contribution is 2.25. The van der Waals surface area contributed by atoms with E-state index in [1.54, 1.807) is 36.4 Å². The molecule has 5 heteroatoms. The maximum Gasteiger partial charge on any atom is 0.308 e. The number of ether oxygens (including phenoxy) is 3. The Morgan fingerprint density at radius 1 is 0.639 bits per heavy atom. The van der Waals surface area contributed by atoms with Crippen molar-refractivity contribution in [2.45, 2.75) is 6.92 Å². The van der Waals surface area contributed by atoms with Crippen LogP contribution in [0.4, 0.5) is 0 Å². The van der Waals surface area contributed by atoms with E-state index in [0.29, 0.717) is 24.5 Å². The second-order valence-corrected chi connectivity index (χ2v) is 7.97. The summed E-state index contributed by atoms with van der Waals surface area (Å²) in [6.07, 6.45) is 3.36. The summed E-state index contributed by atoms with van der Waals surface area (Å²) in [7, 11) is 0. The summed E-state index contributed by atoms with van der Waals surface area (Å²) in [5, 5.41) is 0. The summed E-state index contributed by atoms with van der Waals surface area (Å²) >= 11 is 0. The maximum absolute atomic E-state index is 12.2. The third-order valence-corrected chi connectivity index (χ3v) is 5.29. The van der Waals surface area contributed by atoms with Crippen LogP contribution in [0, 0.1) is 0 Å². The number of rotatable bonds is 10. The van der Waals surface area contributed by atoms with Crippen molar-refractivity contribution in [1.29, 1.82) is 0 Å². The Bertz CT molecular complexity index is 1310. The molecule has 0 unspecified atom stereocenters. The van der Waals surface area contributed by atoms with Crippen LogP contribution in [0.25, 0.3) is 17.2 Å². The number of allylic oxidation sites excluding steroid dienone is 1. The minimum atomic E-state index is -0.338. The van der Waals surface area contributed by atoms with Crippen LogP contribution in [0.15, 0.2) is 109 Å². The van der Waals surface area contributed by atoms with Crippen LogP contribution in [0.3, 0.4) is 0 Å². The molecule has 0 radical (unpaired) electrons. The van der Waals surface area contributed by atoms with E-state index >= 15 is 0 Å². The average Bonchev–Trinajstić information content (AvgIpc) is 2.91. The molecule has 0 bridgehead atoms. The van der Waals surface area contributed by atoms with Gasteiger partial charge in [0.15, 0.2) is 5.78 Å². The number of benzene rings is 4. The van der Waals surface area contributed by atoms with Crippen LogP contribution in [0.5, 0.6) is 17.2 Å². The average molecular weight is 479 g/mol. The zero-order valence-electron chi connectivity index (χ0n) is 19.9. The first-order valence-electron chi connectivity index (χ1n) is 11.6. The number of hydrogen-bond acceptors (Lipinski definition) is 5. The molecule has 0 fully saturated rings. The van der Waals surface area contributed by atoms with Crippen molar-refractivity contribution in [3.8, 4) is 28.4 Å². The van der Waals surface area contributed by atoms with E-state index in [4.69, 9.17) is 14.2 Å². The molecule has 0 saturated heterocycles. The molecular weight excluding hydrogens is 452 g/mol. The van der Waals surface area contributed by atoms with E-state index < -0.39 is 0 Å². The number of carbonyl (C=O) groups is 2. The lowest BCUT2D eigenvalue weighted by atomic mass is 10.1. The van der Waals surface area contributed by atoms with Gasteiger partial charge in [-0.3, -0.25) is 9.59 Å². The number of ketones is 1. The van der Waals surface area contributed by atoms with Crippen LogP contribution in [-0.2, 0) is 4.79 Å². The fourth-order valence-corrected chi connectivity index (χ4v) is 3.49. The smallest absolute Gasteiger partial charge is 0.308 e. The Morgan fingerprint density at radius 2 is 1.14 bits per heavy atom. The maximum atomic E-state index is 12.2. The van der Waals surface area contributed by atoms with Gasteiger partial charge in [0, 0.05) is 12.5 Å². The molecule has 0 aromatic heterocycles. The second kappa shape index (κ2) is 12.2. The Hall–Kier alpha value is -4.64. The first kappa shape index (κ1) is 24.5. The molecule has 0 heterocycles. The van der Waals surface area contributed by atoms with Gasteiger partial charge in [-0.2, -0.15) is 0 Å². The van der Waals surface area contributed by atoms with Crippen molar-refractivity contribution >= 4 is 17.8 Å². The van der Waals surface area contributed by atoms with Gasteiger partial charge in [0.1, 0.15) is 30.5 Å². The highest BCUT2D eigenvalue weighted by atomic mass is 16.5. The Labute approximate surface area is 210 Å². The summed E-state index contributed by atoms with van der Waals surface area (Å²) in [5.74, 6) is 1.64. The van der Waals surface area contributed by atoms with E-state index in [2.05, 4.69) is 0 Å². The molecule has 0 aliphatic heterocycles. The zero-order valence-corrected chi connectivity index (χ0v) is 19.9. The van der Waals surface area contributed by atoms with Gasteiger partial charge in [0.05, 0.1) is 0 Å². The molecular formula is C31H26O5. The van der Waals surface area contributed by atoms with Crippen molar-refractivity contribution < 1.29 is 23.8 Å². The monoisotopic (exact) mass is 478 g/mol. The lowest BCUT2D eigenvalue weighted by Gasteiger charge is -2.10. The molecule has 4 aromatic rings. The van der Waals surface area contributed by atoms with Crippen molar-refractivity contribution in [3.05, 3.63) is 120 Å². The largest absolute Gasteiger partial charge is 0.490 e. The van der Waals surface area contributed by atoms with Crippen molar-refractivity contribution in [3.63, 3.8) is 0 Å². The number of hydrogen-bond donors (Lipinski definition) is 0. The third-order valence-electron chi connectivity index (χ3n) is 5.29. The van der Waals surface area contributed by atoms with Gasteiger partial charge in [-0.25, -0.2) is 0 Å². The summed E-state index contributed by atoms with van der Waals surface area (Å²) in [6.45, 7) is 2.19. The highest BCUT2D eigenvalue weighted by molar-refractivity contribution is 6.06. The topological polar surface area (TPSA) is 61.8 Å². The van der Waals surface area contributed by atoms with Gasteiger partial charge in [-0.05, 0) is 59.2 Å². The minimum absolute atomic E-state index is 0.0294. The molecule has 36 heavy (non-hydrogen) atoms. The zero-order chi connectivity index (χ0) is 25.2. The van der Waals surface area contributed by atoms with E-state index in [1.807, 2.05) is 78.9 Å². The quantitative estimate of drug-likeness (QED) is 0.0841. The van der Waals surface area contributed by atoms with Gasteiger partial charge < -0.3 is 14.2 Å². The number of carbonyl (C=O) groups excluding carboxylic acids is 2. The van der Waals surface area contributed by atoms with E-state index in [9.17, 15) is 9.59 Å². The van der Waals surface area contributed by atoms with Crippen LogP contribution in [0.2, 0.25) is 0 Å². The first-order chi connectivity index (χ1) is 17.6. The number of esters is 1. The van der Waals surface area contributed by atoms with Gasteiger partial charge in [-0.15, -0.1) is 0 Å². The lowest BCUT2D eigenvalue weighted by molar-refractivity contribution is -0.131. The van der Waals surface area contributed by atoms with Gasteiger partial charge in [0.25, 0.3) is 0 Å². The van der Waals surface area contributed by atoms with Crippen molar-refractivity contribution in [1.82, 2.24) is 0 Å². The highest BCUT2D eigenvalue weighted by Gasteiger charge is 2.03. The van der Waals surface area contributed by atoms with Crippen molar-refractivity contribution in [2.75, 3.05) is 13.2 Å². The molecule has 5 nitrogen and oxygen atoms in total. The SMILES string of the molecule is CC(=O)Oc1ccc(-c2ccc(OCCOc3ccc(C=CC(=O)c4ccccc4)cc3)cc2)cc1. The van der Waals surface area contributed by atoms with Gasteiger partial charge in [-0.1, -0.05) is 72.8 Å². The van der Waals surface area contributed by atoms with Crippen molar-refractivity contribution in [2.24, 2.45) is 0 Å². The van der Waals surface area contributed by atoms with E-state index in [1.165, 1.54) is 6.92 Å².